The molecule has 0 atom stereocenters. The van der Waals surface area contributed by atoms with Gasteiger partial charge < -0.3 is 4.74 Å². The summed E-state index contributed by atoms with van der Waals surface area (Å²) < 4.78 is 5.45. The Morgan fingerprint density at radius 1 is 1.04 bits per heavy atom. The molecule has 2 rings (SSSR count). The number of benzene rings is 1. The molecule has 1 aromatic carbocycles. The summed E-state index contributed by atoms with van der Waals surface area (Å²) in [4.78, 5) is 25.5. The molecule has 0 radical (unpaired) electrons. The number of hydrazine groups is 1. The lowest BCUT2D eigenvalue weighted by Gasteiger charge is -2.09. The molecule has 128 valence electrons. The summed E-state index contributed by atoms with van der Waals surface area (Å²) in [6.07, 6.45) is 0.881. The van der Waals surface area contributed by atoms with E-state index in [1.54, 1.807) is 0 Å². The predicted octanol–water partition coefficient (Wildman–Crippen LogP) is 3.08. The van der Waals surface area contributed by atoms with Crippen molar-refractivity contribution in [2.45, 2.75) is 34.1 Å². The number of carbonyl (C=O) groups is 2. The summed E-state index contributed by atoms with van der Waals surface area (Å²) in [7, 11) is 0. The number of ether oxygens (including phenoxy) is 1. The van der Waals surface area contributed by atoms with E-state index in [4.69, 9.17) is 4.74 Å². The first kappa shape index (κ1) is 18.0. The molecule has 0 fully saturated rings. The summed E-state index contributed by atoms with van der Waals surface area (Å²) in [6.45, 7) is 7.80. The van der Waals surface area contributed by atoms with E-state index in [-0.39, 0.29) is 12.5 Å². The minimum atomic E-state index is -0.411. The Labute approximate surface area is 146 Å². The Bertz CT molecular complexity index is 732. The molecule has 2 aromatic rings. The molecule has 0 bridgehead atoms. The molecule has 2 amide bonds. The second-order valence-electron chi connectivity index (χ2n) is 5.66. The molecule has 0 saturated carbocycles. The van der Waals surface area contributed by atoms with Crippen molar-refractivity contribution in [1.82, 2.24) is 10.9 Å². The number of rotatable bonds is 5. The Morgan fingerprint density at radius 3 is 2.29 bits per heavy atom. The van der Waals surface area contributed by atoms with Crippen molar-refractivity contribution in [3.63, 3.8) is 0 Å². The second kappa shape index (κ2) is 7.97. The van der Waals surface area contributed by atoms with Gasteiger partial charge in [-0.2, -0.15) is 0 Å². The lowest BCUT2D eigenvalue weighted by molar-refractivity contribution is -0.123. The van der Waals surface area contributed by atoms with E-state index in [1.165, 1.54) is 11.3 Å². The summed E-state index contributed by atoms with van der Waals surface area (Å²) >= 11 is 1.42. The summed E-state index contributed by atoms with van der Waals surface area (Å²) in [6, 6.07) is 7.60. The average molecular weight is 346 g/mol. The van der Waals surface area contributed by atoms with Gasteiger partial charge in [0.05, 0.1) is 4.88 Å². The van der Waals surface area contributed by atoms with Gasteiger partial charge in [0.15, 0.2) is 6.61 Å². The highest BCUT2D eigenvalue weighted by Gasteiger charge is 2.12. The van der Waals surface area contributed by atoms with E-state index in [2.05, 4.69) is 10.9 Å². The van der Waals surface area contributed by atoms with Crippen molar-refractivity contribution >= 4 is 23.2 Å². The first-order valence-corrected chi connectivity index (χ1v) is 8.60. The number of carbonyl (C=O) groups excluding carboxylic acids is 2. The second-order valence-corrected chi connectivity index (χ2v) is 6.92. The molecule has 1 heterocycles. The molecule has 24 heavy (non-hydrogen) atoms. The number of aryl methyl sites for hydroxylation is 4. The van der Waals surface area contributed by atoms with Crippen LogP contribution in [0.2, 0.25) is 0 Å². The van der Waals surface area contributed by atoms with Gasteiger partial charge in [-0.3, -0.25) is 20.4 Å². The van der Waals surface area contributed by atoms with E-state index >= 15 is 0 Å². The monoisotopic (exact) mass is 346 g/mol. The van der Waals surface area contributed by atoms with Crippen LogP contribution in [-0.2, 0) is 11.2 Å². The van der Waals surface area contributed by atoms with E-state index in [0.29, 0.717) is 10.6 Å². The fourth-order valence-corrected chi connectivity index (χ4v) is 3.38. The Balaban J connectivity index is 1.83. The normalized spacial score (nSPS) is 10.3. The first-order chi connectivity index (χ1) is 11.4. The molecule has 0 saturated heterocycles. The average Bonchev–Trinajstić information content (AvgIpc) is 2.90. The van der Waals surface area contributed by atoms with Crippen LogP contribution in [-0.4, -0.2) is 18.4 Å². The molecule has 2 N–H and O–H groups in total. The van der Waals surface area contributed by atoms with Crippen LogP contribution in [0.25, 0.3) is 0 Å². The lowest BCUT2D eigenvalue weighted by Crippen LogP contribution is -2.43. The van der Waals surface area contributed by atoms with Gasteiger partial charge in [-0.15, -0.1) is 11.3 Å². The molecule has 0 aliphatic carbocycles. The molecular formula is C18H22N2O3S. The van der Waals surface area contributed by atoms with Crippen molar-refractivity contribution in [2.75, 3.05) is 6.61 Å². The Morgan fingerprint density at radius 2 is 1.71 bits per heavy atom. The predicted molar refractivity (Wildman–Crippen MR) is 95.5 cm³/mol. The topological polar surface area (TPSA) is 67.4 Å². The fourth-order valence-electron chi connectivity index (χ4n) is 2.37. The van der Waals surface area contributed by atoms with Gasteiger partial charge in [0, 0.05) is 4.88 Å². The minimum absolute atomic E-state index is 0.160. The highest BCUT2D eigenvalue weighted by atomic mass is 32.1. The maximum absolute atomic E-state index is 12.0. The van der Waals surface area contributed by atoms with Crippen molar-refractivity contribution in [1.29, 1.82) is 0 Å². The van der Waals surface area contributed by atoms with Crippen molar-refractivity contribution in [3.05, 3.63) is 50.7 Å². The van der Waals surface area contributed by atoms with Crippen LogP contribution in [0.3, 0.4) is 0 Å². The van der Waals surface area contributed by atoms with Crippen LogP contribution in [0.5, 0.6) is 5.75 Å². The fraction of sp³-hybridized carbons (Fsp3) is 0.333. The number of amides is 2. The number of thiophene rings is 1. The SMILES string of the molecule is CCc1cc(C(=O)NNC(=O)COc2cc(C)cc(C)c2)sc1C. The highest BCUT2D eigenvalue weighted by molar-refractivity contribution is 7.14. The highest BCUT2D eigenvalue weighted by Crippen LogP contribution is 2.21. The molecular weight excluding hydrogens is 324 g/mol. The summed E-state index contributed by atoms with van der Waals surface area (Å²) in [5.41, 5.74) is 8.07. The molecule has 5 nitrogen and oxygen atoms in total. The van der Waals surface area contributed by atoms with Gasteiger partial charge >= 0.3 is 0 Å². The summed E-state index contributed by atoms with van der Waals surface area (Å²) in [5, 5.41) is 0. The quantitative estimate of drug-likeness (QED) is 0.818. The molecule has 0 spiro atoms. The first-order valence-electron chi connectivity index (χ1n) is 7.78. The third-order valence-electron chi connectivity index (χ3n) is 3.51. The third kappa shape index (κ3) is 4.83. The van der Waals surface area contributed by atoms with Crippen LogP contribution in [0.1, 0.15) is 38.2 Å². The van der Waals surface area contributed by atoms with Crippen molar-refractivity contribution in [3.8, 4) is 5.75 Å². The van der Waals surface area contributed by atoms with E-state index in [9.17, 15) is 9.59 Å². The van der Waals surface area contributed by atoms with Crippen LogP contribution in [0.15, 0.2) is 24.3 Å². The van der Waals surface area contributed by atoms with Crippen LogP contribution < -0.4 is 15.6 Å². The van der Waals surface area contributed by atoms with Gasteiger partial charge in [0.25, 0.3) is 11.8 Å². The standard InChI is InChI=1S/C18H22N2O3S/c1-5-14-9-16(24-13(14)4)18(22)20-19-17(21)10-23-15-7-11(2)6-12(3)8-15/h6-9H,5,10H2,1-4H3,(H,19,21)(H,20,22). The Kier molecular flexibility index (Phi) is 5.98. The number of nitrogens with one attached hydrogen (secondary N) is 2. The molecule has 0 aliphatic heterocycles. The largest absolute Gasteiger partial charge is 0.484 e. The van der Waals surface area contributed by atoms with Gasteiger partial charge in [-0.05, 0) is 62.1 Å². The molecule has 0 unspecified atom stereocenters. The third-order valence-corrected chi connectivity index (χ3v) is 4.60. The molecule has 1 aromatic heterocycles. The van der Waals surface area contributed by atoms with Gasteiger partial charge in [-0.25, -0.2) is 0 Å². The number of hydrogen-bond acceptors (Lipinski definition) is 4. The maximum atomic E-state index is 12.0. The minimum Gasteiger partial charge on any atom is -0.484 e. The van der Waals surface area contributed by atoms with Crippen LogP contribution >= 0.6 is 11.3 Å². The van der Waals surface area contributed by atoms with Gasteiger partial charge in [0.2, 0.25) is 0 Å². The zero-order chi connectivity index (χ0) is 17.7. The van der Waals surface area contributed by atoms with E-state index in [0.717, 1.165) is 28.0 Å². The number of hydrogen-bond donors (Lipinski definition) is 2. The molecule has 6 heteroatoms. The van der Waals surface area contributed by atoms with Gasteiger partial charge in [-0.1, -0.05) is 13.0 Å². The summed E-state index contributed by atoms with van der Waals surface area (Å²) in [5.74, 6) is -0.0931. The lowest BCUT2D eigenvalue weighted by atomic mass is 10.1. The smallest absolute Gasteiger partial charge is 0.279 e. The maximum Gasteiger partial charge on any atom is 0.279 e. The van der Waals surface area contributed by atoms with E-state index < -0.39 is 5.91 Å². The zero-order valence-electron chi connectivity index (χ0n) is 14.4. The van der Waals surface area contributed by atoms with Crippen LogP contribution in [0.4, 0.5) is 0 Å². The van der Waals surface area contributed by atoms with E-state index in [1.807, 2.05) is 52.0 Å². The molecule has 0 aliphatic rings. The van der Waals surface area contributed by atoms with Crippen LogP contribution in [0, 0.1) is 20.8 Å². The Hall–Kier alpha value is -2.34. The van der Waals surface area contributed by atoms with Crippen molar-refractivity contribution < 1.29 is 14.3 Å². The zero-order valence-corrected chi connectivity index (χ0v) is 15.2. The van der Waals surface area contributed by atoms with Gasteiger partial charge in [0.1, 0.15) is 5.75 Å². The van der Waals surface area contributed by atoms with Crippen molar-refractivity contribution in [2.24, 2.45) is 0 Å².